The van der Waals surface area contributed by atoms with Gasteiger partial charge in [0, 0.05) is 12.5 Å². The molecule has 0 spiro atoms. The normalized spacial score (nSPS) is 20.9. The maximum atomic E-state index is 11.6. The van der Waals surface area contributed by atoms with Gasteiger partial charge in [0.05, 0.1) is 12.5 Å². The summed E-state index contributed by atoms with van der Waals surface area (Å²) in [5.74, 6) is 1.12. The minimum atomic E-state index is -0.166. The molecule has 0 bridgehead atoms. The molecule has 0 amide bonds. The molecule has 1 aliphatic rings. The molecule has 1 fully saturated rings. The molecule has 1 aromatic rings. The van der Waals surface area contributed by atoms with E-state index in [1.807, 2.05) is 13.8 Å². The topological polar surface area (TPSA) is 46.5 Å². The van der Waals surface area contributed by atoms with Crippen LogP contribution in [0.2, 0.25) is 0 Å². The molecular formula is C25H40O3. The number of unbranched alkanes of at least 4 members (excludes halogenated alkanes) is 2. The quantitative estimate of drug-likeness (QED) is 0.380. The zero-order valence-corrected chi connectivity index (χ0v) is 18.2. The minimum Gasteiger partial charge on any atom is -0.465 e. The van der Waals surface area contributed by atoms with Crippen LogP contribution >= 0.6 is 0 Å². The first-order valence-corrected chi connectivity index (χ1v) is 11.4. The second-order valence-corrected chi connectivity index (χ2v) is 8.99. The Kier molecular flexibility index (Phi) is 10.0. The fourth-order valence-corrected chi connectivity index (χ4v) is 4.30. The van der Waals surface area contributed by atoms with E-state index >= 15 is 0 Å². The first-order chi connectivity index (χ1) is 13.5. The van der Waals surface area contributed by atoms with Crippen LogP contribution in [-0.2, 0) is 16.0 Å². The SMILES string of the molecule is CCCCCc1ccc(C2CCC(CC(CO)COC(=O)C(C)C)CC2)cc1. The van der Waals surface area contributed by atoms with Crippen LogP contribution in [0.5, 0.6) is 0 Å². The highest BCUT2D eigenvalue weighted by molar-refractivity contribution is 5.71. The van der Waals surface area contributed by atoms with E-state index in [0.717, 1.165) is 6.42 Å². The maximum absolute atomic E-state index is 11.6. The largest absolute Gasteiger partial charge is 0.465 e. The van der Waals surface area contributed by atoms with E-state index in [1.165, 1.54) is 62.5 Å². The van der Waals surface area contributed by atoms with Crippen molar-refractivity contribution in [3.8, 4) is 0 Å². The molecule has 1 unspecified atom stereocenters. The number of aliphatic hydroxyl groups excluding tert-OH is 1. The lowest BCUT2D eigenvalue weighted by Crippen LogP contribution is -2.24. The Morgan fingerprint density at radius 2 is 1.79 bits per heavy atom. The van der Waals surface area contributed by atoms with Crippen molar-refractivity contribution in [2.45, 2.75) is 84.5 Å². The number of benzene rings is 1. The van der Waals surface area contributed by atoms with Gasteiger partial charge in [0.1, 0.15) is 0 Å². The molecule has 1 atom stereocenters. The molecule has 0 radical (unpaired) electrons. The molecule has 28 heavy (non-hydrogen) atoms. The van der Waals surface area contributed by atoms with Crippen molar-refractivity contribution in [1.29, 1.82) is 0 Å². The molecule has 1 N–H and O–H groups in total. The lowest BCUT2D eigenvalue weighted by Gasteiger charge is -2.31. The lowest BCUT2D eigenvalue weighted by molar-refractivity contribution is -0.149. The van der Waals surface area contributed by atoms with Gasteiger partial charge in [-0.2, -0.15) is 0 Å². The van der Waals surface area contributed by atoms with Crippen molar-refractivity contribution in [3.63, 3.8) is 0 Å². The van der Waals surface area contributed by atoms with Gasteiger partial charge in [-0.05, 0) is 67.9 Å². The minimum absolute atomic E-state index is 0.0756. The molecule has 3 heteroatoms. The van der Waals surface area contributed by atoms with Gasteiger partial charge in [0.15, 0.2) is 0 Å². The van der Waals surface area contributed by atoms with Crippen molar-refractivity contribution in [2.24, 2.45) is 17.8 Å². The van der Waals surface area contributed by atoms with E-state index in [1.54, 1.807) is 0 Å². The van der Waals surface area contributed by atoms with Gasteiger partial charge in [-0.25, -0.2) is 0 Å². The molecule has 0 aromatic heterocycles. The van der Waals surface area contributed by atoms with Gasteiger partial charge in [-0.15, -0.1) is 0 Å². The second kappa shape index (κ2) is 12.3. The number of rotatable bonds is 11. The van der Waals surface area contributed by atoms with Gasteiger partial charge in [0.25, 0.3) is 0 Å². The van der Waals surface area contributed by atoms with Crippen LogP contribution in [0.4, 0.5) is 0 Å². The number of hydrogen-bond acceptors (Lipinski definition) is 3. The number of aliphatic hydroxyl groups is 1. The summed E-state index contributed by atoms with van der Waals surface area (Å²) in [6.07, 6.45) is 10.9. The van der Waals surface area contributed by atoms with Crippen LogP contribution in [0, 0.1) is 17.8 Å². The van der Waals surface area contributed by atoms with Gasteiger partial charge in [-0.3, -0.25) is 4.79 Å². The average molecular weight is 389 g/mol. The molecule has 0 saturated heterocycles. The second-order valence-electron chi connectivity index (χ2n) is 8.99. The summed E-state index contributed by atoms with van der Waals surface area (Å²) in [5.41, 5.74) is 2.95. The Labute approximate surface area is 171 Å². The van der Waals surface area contributed by atoms with E-state index in [2.05, 4.69) is 31.2 Å². The van der Waals surface area contributed by atoms with Gasteiger partial charge < -0.3 is 9.84 Å². The summed E-state index contributed by atoms with van der Waals surface area (Å²) >= 11 is 0. The molecule has 1 aliphatic carbocycles. The first kappa shape index (κ1) is 22.9. The lowest BCUT2D eigenvalue weighted by atomic mass is 9.76. The zero-order valence-electron chi connectivity index (χ0n) is 18.2. The fraction of sp³-hybridized carbons (Fsp3) is 0.720. The number of aryl methyl sites for hydroxylation is 1. The molecule has 158 valence electrons. The summed E-state index contributed by atoms with van der Waals surface area (Å²) in [7, 11) is 0. The number of hydrogen-bond donors (Lipinski definition) is 1. The van der Waals surface area contributed by atoms with Crippen molar-refractivity contribution in [1.82, 2.24) is 0 Å². The number of ether oxygens (including phenoxy) is 1. The van der Waals surface area contributed by atoms with E-state index < -0.39 is 0 Å². The average Bonchev–Trinajstić information content (AvgIpc) is 2.72. The Morgan fingerprint density at radius 1 is 1.11 bits per heavy atom. The van der Waals surface area contributed by atoms with Crippen molar-refractivity contribution in [3.05, 3.63) is 35.4 Å². The monoisotopic (exact) mass is 388 g/mol. The van der Waals surface area contributed by atoms with E-state index in [0.29, 0.717) is 18.4 Å². The van der Waals surface area contributed by atoms with Crippen molar-refractivity contribution >= 4 is 5.97 Å². The third-order valence-corrected chi connectivity index (χ3v) is 6.22. The molecule has 3 nitrogen and oxygen atoms in total. The smallest absolute Gasteiger partial charge is 0.308 e. The third-order valence-electron chi connectivity index (χ3n) is 6.22. The Balaban J connectivity index is 1.74. The van der Waals surface area contributed by atoms with E-state index in [9.17, 15) is 9.90 Å². The highest BCUT2D eigenvalue weighted by Crippen LogP contribution is 2.38. The van der Waals surface area contributed by atoms with Crippen LogP contribution < -0.4 is 0 Å². The Morgan fingerprint density at radius 3 is 2.36 bits per heavy atom. The maximum Gasteiger partial charge on any atom is 0.308 e. The van der Waals surface area contributed by atoms with Gasteiger partial charge >= 0.3 is 5.97 Å². The summed E-state index contributed by atoms with van der Waals surface area (Å²) in [6.45, 7) is 6.39. The number of carbonyl (C=O) groups excluding carboxylic acids is 1. The zero-order chi connectivity index (χ0) is 20.4. The Bertz CT molecular complexity index is 556. The number of esters is 1. The van der Waals surface area contributed by atoms with Crippen LogP contribution in [0.25, 0.3) is 0 Å². The molecular weight excluding hydrogens is 348 g/mol. The van der Waals surface area contributed by atoms with Crippen molar-refractivity contribution < 1.29 is 14.6 Å². The summed E-state index contributed by atoms with van der Waals surface area (Å²) in [4.78, 5) is 11.6. The molecule has 0 heterocycles. The molecule has 2 rings (SSSR count). The standard InChI is InChI=1S/C25H40O3/c1-4-5-6-7-20-8-12-23(13-9-20)24-14-10-21(11-15-24)16-22(17-26)18-28-25(27)19(2)3/h8-9,12-13,19,21-22,24,26H,4-7,10-11,14-18H2,1-3H3. The fourth-order valence-electron chi connectivity index (χ4n) is 4.30. The highest BCUT2D eigenvalue weighted by atomic mass is 16.5. The Hall–Kier alpha value is -1.35. The third kappa shape index (κ3) is 7.58. The van der Waals surface area contributed by atoms with Crippen LogP contribution in [0.15, 0.2) is 24.3 Å². The molecule has 0 aliphatic heterocycles. The molecule has 1 saturated carbocycles. The summed E-state index contributed by atoms with van der Waals surface area (Å²) in [6, 6.07) is 9.33. The summed E-state index contributed by atoms with van der Waals surface area (Å²) < 4.78 is 5.34. The van der Waals surface area contributed by atoms with Gasteiger partial charge in [-0.1, -0.05) is 57.9 Å². The predicted molar refractivity (Wildman–Crippen MR) is 115 cm³/mol. The van der Waals surface area contributed by atoms with Gasteiger partial charge in [0.2, 0.25) is 0 Å². The highest BCUT2D eigenvalue weighted by Gasteiger charge is 2.25. The van der Waals surface area contributed by atoms with Crippen LogP contribution in [0.1, 0.15) is 89.2 Å². The van der Waals surface area contributed by atoms with E-state index in [-0.39, 0.29) is 24.4 Å². The first-order valence-electron chi connectivity index (χ1n) is 11.4. The van der Waals surface area contributed by atoms with E-state index in [4.69, 9.17) is 4.74 Å². The van der Waals surface area contributed by atoms with Crippen LogP contribution in [-0.4, -0.2) is 24.3 Å². The predicted octanol–water partition coefficient (Wildman–Crippen LogP) is 5.89. The summed E-state index contributed by atoms with van der Waals surface area (Å²) in [5, 5.41) is 9.65. The van der Waals surface area contributed by atoms with Crippen molar-refractivity contribution in [2.75, 3.05) is 13.2 Å². The number of carbonyl (C=O) groups is 1. The molecule has 1 aromatic carbocycles. The van der Waals surface area contributed by atoms with Crippen LogP contribution in [0.3, 0.4) is 0 Å².